The molecule has 1 aliphatic heterocycles. The first kappa shape index (κ1) is 23.3. The highest BCUT2D eigenvalue weighted by molar-refractivity contribution is 5.70. The van der Waals surface area contributed by atoms with Crippen molar-refractivity contribution in [1.82, 2.24) is 5.32 Å². The van der Waals surface area contributed by atoms with Gasteiger partial charge in [-0.3, -0.25) is 0 Å². The third kappa shape index (κ3) is 5.76. The molecule has 0 saturated heterocycles. The highest BCUT2D eigenvalue weighted by Crippen LogP contribution is 2.40. The number of alkyl carbamates (subject to hydrolysis) is 1. The Morgan fingerprint density at radius 1 is 0.861 bits per heavy atom. The SMILES string of the molecule is O=C(N[C@H]1C[C@@H](c2ccccc2)Nc2c(CC#Cc3ccccc3)cccc21)OCc1ccccc1. The summed E-state index contributed by atoms with van der Waals surface area (Å²) >= 11 is 0. The maximum Gasteiger partial charge on any atom is 0.407 e. The van der Waals surface area contributed by atoms with Crippen LogP contribution in [0.25, 0.3) is 0 Å². The van der Waals surface area contributed by atoms with Crippen LogP contribution in [0.4, 0.5) is 10.5 Å². The molecule has 0 radical (unpaired) electrons. The zero-order valence-electron chi connectivity index (χ0n) is 20.0. The lowest BCUT2D eigenvalue weighted by molar-refractivity contribution is 0.134. The van der Waals surface area contributed by atoms with Gasteiger partial charge in [0, 0.05) is 17.7 Å². The van der Waals surface area contributed by atoms with Gasteiger partial charge in [-0.1, -0.05) is 109 Å². The molecule has 2 atom stereocenters. The molecule has 178 valence electrons. The molecule has 2 N–H and O–H groups in total. The van der Waals surface area contributed by atoms with E-state index in [0.29, 0.717) is 6.42 Å². The summed E-state index contributed by atoms with van der Waals surface area (Å²) in [4.78, 5) is 12.8. The molecule has 0 aromatic heterocycles. The number of hydrogen-bond donors (Lipinski definition) is 2. The lowest BCUT2D eigenvalue weighted by Crippen LogP contribution is -2.35. The van der Waals surface area contributed by atoms with Crippen LogP contribution in [-0.4, -0.2) is 6.09 Å². The van der Waals surface area contributed by atoms with Crippen LogP contribution >= 0.6 is 0 Å². The van der Waals surface area contributed by atoms with E-state index in [-0.39, 0.29) is 18.7 Å². The number of amides is 1. The Morgan fingerprint density at radius 2 is 1.56 bits per heavy atom. The van der Waals surface area contributed by atoms with Gasteiger partial charge < -0.3 is 15.4 Å². The maximum atomic E-state index is 12.8. The fourth-order valence-electron chi connectivity index (χ4n) is 4.54. The average Bonchev–Trinajstić information content (AvgIpc) is 2.94. The van der Waals surface area contributed by atoms with Gasteiger partial charge in [-0.05, 0) is 40.8 Å². The van der Waals surface area contributed by atoms with E-state index < -0.39 is 6.09 Å². The number of rotatable bonds is 5. The van der Waals surface area contributed by atoms with Crippen molar-refractivity contribution in [3.63, 3.8) is 0 Å². The lowest BCUT2D eigenvalue weighted by atomic mass is 9.87. The van der Waals surface area contributed by atoms with Crippen molar-refractivity contribution in [2.24, 2.45) is 0 Å². The minimum Gasteiger partial charge on any atom is -0.445 e. The number of ether oxygens (including phenoxy) is 1. The van der Waals surface area contributed by atoms with E-state index in [9.17, 15) is 4.79 Å². The summed E-state index contributed by atoms with van der Waals surface area (Å²) in [7, 11) is 0. The largest absolute Gasteiger partial charge is 0.445 e. The number of para-hydroxylation sites is 1. The van der Waals surface area contributed by atoms with Crippen molar-refractivity contribution in [2.75, 3.05) is 5.32 Å². The molecule has 4 nitrogen and oxygen atoms in total. The van der Waals surface area contributed by atoms with Crippen LogP contribution in [0.5, 0.6) is 0 Å². The van der Waals surface area contributed by atoms with Gasteiger partial charge in [0.1, 0.15) is 6.61 Å². The number of nitrogens with one attached hydrogen (secondary N) is 2. The predicted molar refractivity (Wildman–Crippen MR) is 143 cm³/mol. The molecule has 4 heteroatoms. The van der Waals surface area contributed by atoms with Crippen LogP contribution in [0.3, 0.4) is 0 Å². The third-order valence-corrected chi connectivity index (χ3v) is 6.34. The van der Waals surface area contributed by atoms with Gasteiger partial charge in [0.2, 0.25) is 0 Å². The predicted octanol–water partition coefficient (Wildman–Crippen LogP) is 6.81. The van der Waals surface area contributed by atoms with Crippen molar-refractivity contribution < 1.29 is 9.53 Å². The van der Waals surface area contributed by atoms with Crippen LogP contribution in [-0.2, 0) is 17.8 Å². The number of carbonyl (C=O) groups is 1. The molecule has 0 bridgehead atoms. The third-order valence-electron chi connectivity index (χ3n) is 6.34. The summed E-state index contributed by atoms with van der Waals surface area (Å²) in [6.45, 7) is 0.238. The van der Waals surface area contributed by atoms with E-state index in [0.717, 1.165) is 34.4 Å². The van der Waals surface area contributed by atoms with Crippen molar-refractivity contribution in [3.8, 4) is 11.8 Å². The standard InChI is InChI=1S/C32H28N2O2/c35-32(36-23-25-14-6-2-7-15-25)34-30-22-29(26-17-8-3-9-18-26)33-31-27(20-11-21-28(30)31)19-10-16-24-12-4-1-5-13-24/h1-9,11-15,17-18,20-21,29-30,33H,19,22-23H2,(H,34,35)/t29-,30-/m0/s1. The molecular weight excluding hydrogens is 444 g/mol. The summed E-state index contributed by atoms with van der Waals surface area (Å²) in [6, 6.07) is 36.1. The summed E-state index contributed by atoms with van der Waals surface area (Å²) < 4.78 is 5.54. The van der Waals surface area contributed by atoms with Crippen molar-refractivity contribution in [3.05, 3.63) is 137 Å². The average molecular weight is 473 g/mol. The Morgan fingerprint density at radius 3 is 2.31 bits per heavy atom. The molecule has 4 aromatic carbocycles. The van der Waals surface area contributed by atoms with Crippen molar-refractivity contribution in [1.29, 1.82) is 0 Å². The Kier molecular flexibility index (Phi) is 7.30. The Bertz CT molecular complexity index is 1360. The minimum absolute atomic E-state index is 0.0568. The van der Waals surface area contributed by atoms with E-state index in [4.69, 9.17) is 4.74 Å². The zero-order chi connectivity index (χ0) is 24.6. The Labute approximate surface area is 212 Å². The molecular formula is C32H28N2O2. The van der Waals surface area contributed by atoms with Crippen LogP contribution in [0.1, 0.15) is 46.3 Å². The number of hydrogen-bond acceptors (Lipinski definition) is 3. The minimum atomic E-state index is -0.419. The molecule has 36 heavy (non-hydrogen) atoms. The number of fused-ring (bicyclic) bond motifs is 1. The van der Waals surface area contributed by atoms with Crippen molar-refractivity contribution >= 4 is 11.8 Å². The normalized spacial score (nSPS) is 16.0. The lowest BCUT2D eigenvalue weighted by Gasteiger charge is -2.35. The second-order valence-corrected chi connectivity index (χ2v) is 8.83. The van der Waals surface area contributed by atoms with Gasteiger partial charge in [-0.15, -0.1) is 0 Å². The van der Waals surface area contributed by atoms with Crippen LogP contribution in [0.2, 0.25) is 0 Å². The smallest absolute Gasteiger partial charge is 0.407 e. The van der Waals surface area contributed by atoms with E-state index in [1.807, 2.05) is 84.9 Å². The first-order valence-electron chi connectivity index (χ1n) is 12.2. The van der Waals surface area contributed by atoms with Gasteiger partial charge in [0.25, 0.3) is 0 Å². The summed E-state index contributed by atoms with van der Waals surface area (Å²) in [6.07, 6.45) is 0.909. The van der Waals surface area contributed by atoms with Gasteiger partial charge in [0.05, 0.1) is 12.1 Å². The number of carbonyl (C=O) groups excluding carboxylic acids is 1. The van der Waals surface area contributed by atoms with Crippen molar-refractivity contribution in [2.45, 2.75) is 31.5 Å². The molecule has 0 unspecified atom stereocenters. The molecule has 0 aliphatic carbocycles. The Hall–Kier alpha value is -4.49. The summed E-state index contributed by atoms with van der Waals surface area (Å²) in [5.41, 5.74) is 6.34. The number of anilines is 1. The maximum absolute atomic E-state index is 12.8. The molecule has 1 amide bonds. The fraction of sp³-hybridized carbons (Fsp3) is 0.156. The second-order valence-electron chi connectivity index (χ2n) is 8.83. The van der Waals surface area contributed by atoms with Gasteiger partial charge >= 0.3 is 6.09 Å². The summed E-state index contributed by atoms with van der Waals surface area (Å²) in [5, 5.41) is 6.85. The number of benzene rings is 4. The molecule has 5 rings (SSSR count). The van der Waals surface area contributed by atoms with E-state index in [1.165, 1.54) is 5.56 Å². The fourth-order valence-corrected chi connectivity index (χ4v) is 4.54. The molecule has 0 saturated carbocycles. The topological polar surface area (TPSA) is 50.4 Å². The molecule has 0 spiro atoms. The molecule has 1 heterocycles. The highest BCUT2D eigenvalue weighted by Gasteiger charge is 2.30. The zero-order valence-corrected chi connectivity index (χ0v) is 20.0. The first-order chi connectivity index (χ1) is 17.8. The summed E-state index contributed by atoms with van der Waals surface area (Å²) in [5.74, 6) is 6.57. The quantitative estimate of drug-likeness (QED) is 0.314. The Balaban J connectivity index is 1.38. The van der Waals surface area contributed by atoms with Gasteiger partial charge in [-0.2, -0.15) is 0 Å². The van der Waals surface area contributed by atoms with Crippen LogP contribution in [0.15, 0.2) is 109 Å². The van der Waals surface area contributed by atoms with E-state index >= 15 is 0 Å². The van der Waals surface area contributed by atoms with Crippen LogP contribution < -0.4 is 10.6 Å². The van der Waals surface area contributed by atoms with E-state index in [2.05, 4.69) is 46.7 Å². The first-order valence-corrected chi connectivity index (χ1v) is 12.2. The highest BCUT2D eigenvalue weighted by atomic mass is 16.5. The van der Waals surface area contributed by atoms with Gasteiger partial charge in [0.15, 0.2) is 0 Å². The van der Waals surface area contributed by atoms with Gasteiger partial charge in [-0.25, -0.2) is 4.79 Å². The molecule has 0 fully saturated rings. The monoisotopic (exact) mass is 472 g/mol. The van der Waals surface area contributed by atoms with Crippen LogP contribution in [0, 0.1) is 11.8 Å². The second kappa shape index (κ2) is 11.3. The molecule has 4 aromatic rings. The molecule has 1 aliphatic rings. The van der Waals surface area contributed by atoms with E-state index in [1.54, 1.807) is 0 Å².